The van der Waals surface area contributed by atoms with E-state index >= 15 is 0 Å². The second-order valence-electron chi connectivity index (χ2n) is 4.47. The lowest BCUT2D eigenvalue weighted by Crippen LogP contribution is -2.11. The van der Waals surface area contributed by atoms with Gasteiger partial charge in [0.15, 0.2) is 0 Å². The number of rotatable bonds is 8. The number of aromatic nitrogens is 1. The summed E-state index contributed by atoms with van der Waals surface area (Å²) in [5.74, 6) is 0. The van der Waals surface area contributed by atoms with E-state index in [1.54, 1.807) is 11.3 Å². The number of nitrogens with zero attached hydrogens (tertiary/aromatic N) is 1. The molecular formula is C16H22N2OS. The van der Waals surface area contributed by atoms with Crippen LogP contribution in [0, 0.1) is 0 Å². The van der Waals surface area contributed by atoms with Gasteiger partial charge < -0.3 is 10.1 Å². The number of thiazole rings is 1. The SMILES string of the molecule is CCNCc1sc(CCOCC)nc1-c1ccccc1. The first kappa shape index (κ1) is 15.2. The molecule has 1 N–H and O–H groups in total. The molecule has 0 fully saturated rings. The average Bonchev–Trinajstić information content (AvgIpc) is 2.89. The molecule has 0 saturated carbocycles. The van der Waals surface area contributed by atoms with E-state index in [0.717, 1.165) is 43.4 Å². The third-order valence-electron chi connectivity index (χ3n) is 2.99. The number of benzene rings is 1. The van der Waals surface area contributed by atoms with Gasteiger partial charge in [-0.15, -0.1) is 11.3 Å². The van der Waals surface area contributed by atoms with Crippen LogP contribution in [-0.4, -0.2) is 24.7 Å². The van der Waals surface area contributed by atoms with E-state index in [9.17, 15) is 0 Å². The van der Waals surface area contributed by atoms with Crippen molar-refractivity contribution in [2.75, 3.05) is 19.8 Å². The Balaban J connectivity index is 2.19. The van der Waals surface area contributed by atoms with Gasteiger partial charge in [-0.2, -0.15) is 0 Å². The van der Waals surface area contributed by atoms with Gasteiger partial charge in [0.1, 0.15) is 0 Å². The van der Waals surface area contributed by atoms with Gasteiger partial charge in [0.05, 0.1) is 17.3 Å². The minimum atomic E-state index is 0.749. The standard InChI is InChI=1S/C16H22N2OS/c1-3-17-12-14-16(13-8-6-5-7-9-13)18-15(20-14)10-11-19-4-2/h5-9,17H,3-4,10-12H2,1-2H3. The van der Waals surface area contributed by atoms with Crippen molar-refractivity contribution in [3.63, 3.8) is 0 Å². The summed E-state index contributed by atoms with van der Waals surface area (Å²) in [6, 6.07) is 10.4. The fraction of sp³-hybridized carbons (Fsp3) is 0.438. The Hall–Kier alpha value is -1.23. The first-order valence-electron chi connectivity index (χ1n) is 7.17. The van der Waals surface area contributed by atoms with E-state index in [0.29, 0.717) is 0 Å². The number of hydrogen-bond acceptors (Lipinski definition) is 4. The van der Waals surface area contributed by atoms with Gasteiger partial charge in [-0.1, -0.05) is 37.3 Å². The monoisotopic (exact) mass is 290 g/mol. The van der Waals surface area contributed by atoms with Crippen LogP contribution in [0.3, 0.4) is 0 Å². The third-order valence-corrected chi connectivity index (χ3v) is 4.10. The molecular weight excluding hydrogens is 268 g/mol. The van der Waals surface area contributed by atoms with Crippen LogP contribution in [0.25, 0.3) is 11.3 Å². The first-order valence-corrected chi connectivity index (χ1v) is 7.99. The van der Waals surface area contributed by atoms with Crippen LogP contribution in [0.1, 0.15) is 23.7 Å². The summed E-state index contributed by atoms with van der Waals surface area (Å²) in [4.78, 5) is 6.11. The van der Waals surface area contributed by atoms with Crippen LogP contribution in [0.2, 0.25) is 0 Å². The Morgan fingerprint density at radius 1 is 1.20 bits per heavy atom. The summed E-state index contributed by atoms with van der Waals surface area (Å²) < 4.78 is 5.42. The fourth-order valence-electron chi connectivity index (χ4n) is 1.99. The topological polar surface area (TPSA) is 34.1 Å². The normalized spacial score (nSPS) is 10.9. The van der Waals surface area contributed by atoms with Crippen LogP contribution in [-0.2, 0) is 17.7 Å². The quantitative estimate of drug-likeness (QED) is 0.756. The Kier molecular flexibility index (Phi) is 6.18. The largest absolute Gasteiger partial charge is 0.381 e. The smallest absolute Gasteiger partial charge is 0.0958 e. The van der Waals surface area contributed by atoms with Gasteiger partial charge in [0.2, 0.25) is 0 Å². The molecule has 0 spiro atoms. The lowest BCUT2D eigenvalue weighted by atomic mass is 10.1. The summed E-state index contributed by atoms with van der Waals surface area (Å²) in [5.41, 5.74) is 2.31. The maximum absolute atomic E-state index is 5.42. The van der Waals surface area contributed by atoms with Gasteiger partial charge in [-0.3, -0.25) is 0 Å². The van der Waals surface area contributed by atoms with Crippen LogP contribution in [0.4, 0.5) is 0 Å². The predicted molar refractivity (Wildman–Crippen MR) is 85.1 cm³/mol. The molecule has 2 aromatic rings. The predicted octanol–water partition coefficient (Wildman–Crippen LogP) is 3.50. The molecule has 0 bridgehead atoms. The Labute approximate surface area is 125 Å². The first-order chi connectivity index (χ1) is 9.85. The zero-order valence-corrected chi connectivity index (χ0v) is 13.0. The van der Waals surface area contributed by atoms with Crippen molar-refractivity contribution in [3.8, 4) is 11.3 Å². The number of ether oxygens (including phenoxy) is 1. The molecule has 4 heteroatoms. The second kappa shape index (κ2) is 8.15. The molecule has 20 heavy (non-hydrogen) atoms. The average molecular weight is 290 g/mol. The molecule has 0 aliphatic carbocycles. The van der Waals surface area contributed by atoms with Crippen molar-refractivity contribution in [2.24, 2.45) is 0 Å². The molecule has 2 rings (SSSR count). The molecule has 0 saturated heterocycles. The van der Waals surface area contributed by atoms with Crippen LogP contribution >= 0.6 is 11.3 Å². The summed E-state index contributed by atoms with van der Waals surface area (Å²) in [6.07, 6.45) is 0.893. The molecule has 0 atom stereocenters. The maximum Gasteiger partial charge on any atom is 0.0958 e. The molecule has 1 aromatic heterocycles. The number of hydrogen-bond donors (Lipinski definition) is 1. The van der Waals surface area contributed by atoms with Crippen LogP contribution in [0.5, 0.6) is 0 Å². The van der Waals surface area contributed by atoms with Crippen LogP contribution in [0.15, 0.2) is 30.3 Å². The molecule has 3 nitrogen and oxygen atoms in total. The van der Waals surface area contributed by atoms with E-state index in [-0.39, 0.29) is 0 Å². The molecule has 0 unspecified atom stereocenters. The summed E-state index contributed by atoms with van der Waals surface area (Å²) in [5, 5.41) is 4.55. The highest BCUT2D eigenvalue weighted by Crippen LogP contribution is 2.28. The van der Waals surface area contributed by atoms with Crippen molar-refractivity contribution >= 4 is 11.3 Å². The van der Waals surface area contributed by atoms with Crippen molar-refractivity contribution in [3.05, 3.63) is 40.2 Å². The fourth-order valence-corrected chi connectivity index (χ4v) is 3.03. The lowest BCUT2D eigenvalue weighted by Gasteiger charge is -2.02. The van der Waals surface area contributed by atoms with Crippen molar-refractivity contribution < 1.29 is 4.74 Å². The summed E-state index contributed by atoms with van der Waals surface area (Å²) in [7, 11) is 0. The molecule has 0 aliphatic heterocycles. The van der Waals surface area contributed by atoms with E-state index < -0.39 is 0 Å². The zero-order chi connectivity index (χ0) is 14.2. The molecule has 1 aromatic carbocycles. The van der Waals surface area contributed by atoms with E-state index in [2.05, 4.69) is 36.5 Å². The molecule has 1 heterocycles. The van der Waals surface area contributed by atoms with Gasteiger partial charge in [-0.05, 0) is 13.5 Å². The van der Waals surface area contributed by atoms with Crippen molar-refractivity contribution in [1.29, 1.82) is 0 Å². The highest BCUT2D eigenvalue weighted by Gasteiger charge is 2.12. The second-order valence-corrected chi connectivity index (χ2v) is 5.64. The van der Waals surface area contributed by atoms with Crippen LogP contribution < -0.4 is 5.32 Å². The Morgan fingerprint density at radius 3 is 2.70 bits per heavy atom. The van der Waals surface area contributed by atoms with E-state index in [1.807, 2.05) is 13.0 Å². The lowest BCUT2D eigenvalue weighted by molar-refractivity contribution is 0.151. The Morgan fingerprint density at radius 2 is 2.00 bits per heavy atom. The van der Waals surface area contributed by atoms with E-state index in [1.165, 1.54) is 10.4 Å². The van der Waals surface area contributed by atoms with Gasteiger partial charge in [-0.25, -0.2) is 4.98 Å². The number of nitrogens with one attached hydrogen (secondary N) is 1. The minimum absolute atomic E-state index is 0.749. The summed E-state index contributed by atoms with van der Waals surface area (Å²) >= 11 is 1.79. The van der Waals surface area contributed by atoms with Gasteiger partial charge in [0, 0.05) is 30.0 Å². The molecule has 0 radical (unpaired) electrons. The Bertz CT molecular complexity index is 510. The molecule has 0 aliphatic rings. The van der Waals surface area contributed by atoms with E-state index in [4.69, 9.17) is 9.72 Å². The highest BCUT2D eigenvalue weighted by atomic mass is 32.1. The zero-order valence-electron chi connectivity index (χ0n) is 12.2. The van der Waals surface area contributed by atoms with Gasteiger partial charge in [0.25, 0.3) is 0 Å². The van der Waals surface area contributed by atoms with Gasteiger partial charge >= 0.3 is 0 Å². The summed E-state index contributed by atoms with van der Waals surface area (Å²) in [6.45, 7) is 7.51. The minimum Gasteiger partial charge on any atom is -0.381 e. The highest BCUT2D eigenvalue weighted by molar-refractivity contribution is 7.12. The maximum atomic E-state index is 5.42. The molecule has 0 amide bonds. The van der Waals surface area contributed by atoms with Crippen molar-refractivity contribution in [1.82, 2.24) is 10.3 Å². The third kappa shape index (κ3) is 4.13. The molecule has 108 valence electrons. The van der Waals surface area contributed by atoms with Crippen molar-refractivity contribution in [2.45, 2.75) is 26.8 Å².